The van der Waals surface area contributed by atoms with Gasteiger partial charge in [-0.3, -0.25) is 4.90 Å². The number of aryl methyl sites for hydroxylation is 1. The molecule has 1 atom stereocenters. The Morgan fingerprint density at radius 3 is 1.97 bits per heavy atom. The van der Waals surface area contributed by atoms with Crippen LogP contribution in [0.25, 0.3) is 10.8 Å². The number of benzene rings is 5. The fraction of sp³-hybridized carbons (Fsp3) is 0.200. The van der Waals surface area contributed by atoms with Crippen molar-refractivity contribution in [3.8, 4) is 5.75 Å². The van der Waals surface area contributed by atoms with Gasteiger partial charge in [-0.2, -0.15) is 0 Å². The van der Waals surface area contributed by atoms with Crippen LogP contribution in [0, 0.1) is 6.92 Å². The maximum absolute atomic E-state index is 12.1. The second-order valence-corrected chi connectivity index (χ2v) is 11.0. The van der Waals surface area contributed by atoms with Crippen molar-refractivity contribution in [2.24, 2.45) is 0 Å². The van der Waals surface area contributed by atoms with Crippen LogP contribution in [0.15, 0.2) is 109 Å². The normalized spacial score (nSPS) is 14.7. The zero-order chi connectivity index (χ0) is 26.8. The molecule has 1 N–H and O–H groups in total. The molecular weight excluding hydrogens is 502 g/mol. The predicted molar refractivity (Wildman–Crippen MR) is 159 cm³/mol. The summed E-state index contributed by atoms with van der Waals surface area (Å²) in [5.41, 5.74) is 5.45. The first-order valence-corrected chi connectivity index (χ1v) is 13.8. The average Bonchev–Trinajstić information content (AvgIpc) is 2.95. The highest BCUT2D eigenvalue weighted by atomic mass is 35.5. The summed E-state index contributed by atoms with van der Waals surface area (Å²) in [5, 5.41) is 15.5. The lowest BCUT2D eigenvalue weighted by molar-refractivity contribution is 0.0810. The van der Waals surface area contributed by atoms with E-state index < -0.39 is 5.60 Å². The van der Waals surface area contributed by atoms with Gasteiger partial charge in [-0.25, -0.2) is 0 Å². The molecule has 0 saturated carbocycles. The highest BCUT2D eigenvalue weighted by Gasteiger charge is 2.32. The van der Waals surface area contributed by atoms with E-state index in [0.29, 0.717) is 18.1 Å². The maximum Gasteiger partial charge on any atom is 0.119 e. The monoisotopic (exact) mass is 533 g/mol. The fourth-order valence-corrected chi connectivity index (χ4v) is 5.80. The number of hydrogen-bond acceptors (Lipinski definition) is 3. The molecule has 196 valence electrons. The van der Waals surface area contributed by atoms with Crippen molar-refractivity contribution in [3.05, 3.63) is 148 Å². The van der Waals surface area contributed by atoms with Crippen LogP contribution < -0.4 is 4.74 Å². The Kier molecular flexibility index (Phi) is 7.14. The van der Waals surface area contributed by atoms with Gasteiger partial charge in [0.2, 0.25) is 0 Å². The van der Waals surface area contributed by atoms with Crippen LogP contribution in [-0.4, -0.2) is 23.2 Å². The first-order valence-electron chi connectivity index (χ1n) is 13.5. The maximum atomic E-state index is 12.1. The largest absolute Gasteiger partial charge is 0.492 e. The molecule has 0 fully saturated rings. The summed E-state index contributed by atoms with van der Waals surface area (Å²) >= 11 is 6.10. The number of nitrogens with zero attached hydrogens (tertiary/aromatic N) is 1. The Bertz CT molecular complexity index is 1540. The van der Waals surface area contributed by atoms with Crippen molar-refractivity contribution >= 4 is 22.4 Å². The Morgan fingerprint density at radius 2 is 1.36 bits per heavy atom. The third-order valence-corrected chi connectivity index (χ3v) is 8.03. The third-order valence-electron chi connectivity index (χ3n) is 7.78. The molecule has 0 bridgehead atoms. The minimum absolute atomic E-state index is 0.441. The van der Waals surface area contributed by atoms with Crippen LogP contribution in [0.5, 0.6) is 5.75 Å². The van der Waals surface area contributed by atoms with Gasteiger partial charge in [0.1, 0.15) is 18.0 Å². The van der Waals surface area contributed by atoms with Crippen LogP contribution in [-0.2, 0) is 25.1 Å². The van der Waals surface area contributed by atoms with Crippen LogP contribution in [0.2, 0.25) is 5.02 Å². The zero-order valence-corrected chi connectivity index (χ0v) is 22.9. The summed E-state index contributed by atoms with van der Waals surface area (Å²) in [6.07, 6.45) is 0.441. The van der Waals surface area contributed by atoms with Crippen molar-refractivity contribution in [1.29, 1.82) is 0 Å². The molecule has 3 nitrogen and oxygen atoms in total. The standard InChI is InChI=1S/C35H32ClNO2/c1-25-8-12-30(13-9-25)35(38,22-26-10-16-32(36)17-11-26)31-14-18-33(19-15-31)39-21-20-37-23-28-6-2-4-27-5-3-7-29(24-37)34(27)28/h2-19,38H,20-24H2,1H3. The van der Waals surface area contributed by atoms with Gasteiger partial charge in [0.15, 0.2) is 0 Å². The lowest BCUT2D eigenvalue weighted by atomic mass is 9.81. The summed E-state index contributed by atoms with van der Waals surface area (Å²) in [6, 6.07) is 36.8. The molecule has 0 saturated heterocycles. The summed E-state index contributed by atoms with van der Waals surface area (Å²) in [5.74, 6) is 0.802. The first-order chi connectivity index (χ1) is 19.0. The van der Waals surface area contributed by atoms with Gasteiger partial charge in [0.25, 0.3) is 0 Å². The van der Waals surface area contributed by atoms with E-state index in [2.05, 4.69) is 48.2 Å². The SMILES string of the molecule is Cc1ccc(C(O)(Cc2ccc(Cl)cc2)c2ccc(OCCN3Cc4cccc5cccc(c45)C3)cc2)cc1. The summed E-state index contributed by atoms with van der Waals surface area (Å²) in [4.78, 5) is 2.44. The van der Waals surface area contributed by atoms with Crippen LogP contribution in [0.1, 0.15) is 33.4 Å². The van der Waals surface area contributed by atoms with Gasteiger partial charge < -0.3 is 9.84 Å². The Balaban J connectivity index is 1.15. The molecule has 6 rings (SSSR count). The third kappa shape index (κ3) is 5.44. The molecule has 39 heavy (non-hydrogen) atoms. The van der Waals surface area contributed by atoms with Crippen LogP contribution >= 0.6 is 11.6 Å². The van der Waals surface area contributed by atoms with Crippen molar-refractivity contribution < 1.29 is 9.84 Å². The number of hydrogen-bond donors (Lipinski definition) is 1. The fourth-order valence-electron chi connectivity index (χ4n) is 5.68. The minimum Gasteiger partial charge on any atom is -0.492 e. The van der Waals surface area contributed by atoms with Crippen molar-refractivity contribution in [2.45, 2.75) is 32.0 Å². The molecule has 0 spiro atoms. The highest BCUT2D eigenvalue weighted by Crippen LogP contribution is 2.35. The van der Waals surface area contributed by atoms with Gasteiger partial charge in [-0.1, -0.05) is 102 Å². The smallest absolute Gasteiger partial charge is 0.119 e. The van der Waals surface area contributed by atoms with Crippen LogP contribution in [0.3, 0.4) is 0 Å². The van der Waals surface area contributed by atoms with E-state index >= 15 is 0 Å². The van der Waals surface area contributed by atoms with Gasteiger partial charge in [0, 0.05) is 31.1 Å². The zero-order valence-electron chi connectivity index (χ0n) is 22.1. The van der Waals surface area contributed by atoms with Gasteiger partial charge in [-0.05, 0) is 69.8 Å². The van der Waals surface area contributed by atoms with Crippen LogP contribution in [0.4, 0.5) is 0 Å². The second-order valence-electron chi connectivity index (χ2n) is 10.5. The number of ether oxygens (including phenoxy) is 1. The molecule has 1 unspecified atom stereocenters. The summed E-state index contributed by atoms with van der Waals surface area (Å²) in [6.45, 7) is 5.37. The number of halogens is 1. The molecular formula is C35H32ClNO2. The topological polar surface area (TPSA) is 32.7 Å². The number of aliphatic hydroxyl groups is 1. The van der Waals surface area contributed by atoms with Crippen molar-refractivity contribution in [2.75, 3.05) is 13.2 Å². The highest BCUT2D eigenvalue weighted by molar-refractivity contribution is 6.30. The molecule has 0 aliphatic carbocycles. The molecule has 4 heteroatoms. The van der Waals surface area contributed by atoms with E-state index in [1.54, 1.807) is 0 Å². The van der Waals surface area contributed by atoms with E-state index in [-0.39, 0.29) is 0 Å². The van der Waals surface area contributed by atoms with Gasteiger partial charge >= 0.3 is 0 Å². The quantitative estimate of drug-likeness (QED) is 0.222. The molecule has 1 aliphatic rings. The predicted octanol–water partition coefficient (Wildman–Crippen LogP) is 7.67. The lowest BCUT2D eigenvalue weighted by Gasteiger charge is -2.30. The first kappa shape index (κ1) is 25.6. The van der Waals surface area contributed by atoms with E-state index in [1.807, 2.05) is 72.8 Å². The minimum atomic E-state index is -1.18. The van der Waals surface area contributed by atoms with E-state index in [1.165, 1.54) is 21.9 Å². The molecule has 1 aliphatic heterocycles. The summed E-state index contributed by atoms with van der Waals surface area (Å²) < 4.78 is 6.15. The second kappa shape index (κ2) is 10.9. The van der Waals surface area contributed by atoms with Crippen molar-refractivity contribution in [3.63, 3.8) is 0 Å². The molecule has 1 heterocycles. The van der Waals surface area contributed by atoms with E-state index in [4.69, 9.17) is 16.3 Å². The molecule has 0 radical (unpaired) electrons. The van der Waals surface area contributed by atoms with Gasteiger partial charge in [0.05, 0.1) is 0 Å². The Morgan fingerprint density at radius 1 is 0.769 bits per heavy atom. The number of rotatable bonds is 8. The molecule has 0 aromatic heterocycles. The summed E-state index contributed by atoms with van der Waals surface area (Å²) in [7, 11) is 0. The van der Waals surface area contributed by atoms with E-state index in [9.17, 15) is 5.11 Å². The lowest BCUT2D eigenvalue weighted by Crippen LogP contribution is -2.30. The average molecular weight is 534 g/mol. The molecule has 0 amide bonds. The van der Waals surface area contributed by atoms with Gasteiger partial charge in [-0.15, -0.1) is 0 Å². The Hall–Kier alpha value is -3.63. The van der Waals surface area contributed by atoms with Crippen molar-refractivity contribution in [1.82, 2.24) is 4.90 Å². The Labute approximate surface area is 235 Å². The van der Waals surface area contributed by atoms with E-state index in [0.717, 1.165) is 47.6 Å². The molecule has 5 aromatic carbocycles. The molecule has 5 aromatic rings.